The summed E-state index contributed by atoms with van der Waals surface area (Å²) < 4.78 is 0. The first-order chi connectivity index (χ1) is 18.3. The van der Waals surface area contributed by atoms with Gasteiger partial charge in [-0.25, -0.2) is 4.98 Å². The first-order valence-corrected chi connectivity index (χ1v) is 14.1. The number of benzene rings is 1. The van der Waals surface area contributed by atoms with Crippen LogP contribution in [-0.2, 0) is 6.42 Å². The molecule has 8 heteroatoms. The van der Waals surface area contributed by atoms with E-state index < -0.39 is 5.91 Å². The monoisotopic (exact) mass is 517 g/mol. The number of ketones is 1. The van der Waals surface area contributed by atoms with Crippen LogP contribution in [0.3, 0.4) is 0 Å². The zero-order chi connectivity index (χ0) is 27.0. The normalized spacial score (nSPS) is 23.1. The number of carbonyl (C=O) groups excluding carboxylic acids is 3. The minimum Gasteiger partial charge on any atom is -0.382 e. The minimum absolute atomic E-state index is 0.0680. The van der Waals surface area contributed by atoms with Gasteiger partial charge in [0, 0.05) is 53.1 Å². The van der Waals surface area contributed by atoms with Gasteiger partial charge in [0.25, 0.3) is 11.8 Å². The third kappa shape index (κ3) is 5.26. The molecule has 3 heterocycles. The predicted octanol–water partition coefficient (Wildman–Crippen LogP) is 4.48. The van der Waals surface area contributed by atoms with E-state index in [4.69, 9.17) is 5.73 Å². The highest BCUT2D eigenvalue weighted by Gasteiger charge is 2.42. The van der Waals surface area contributed by atoms with Gasteiger partial charge in [-0.15, -0.1) is 0 Å². The van der Waals surface area contributed by atoms with Crippen LogP contribution in [0, 0.1) is 5.92 Å². The Labute approximate surface area is 224 Å². The van der Waals surface area contributed by atoms with Gasteiger partial charge in [-0.3, -0.25) is 14.4 Å². The highest BCUT2D eigenvalue weighted by atomic mass is 16.2. The van der Waals surface area contributed by atoms with Crippen molar-refractivity contribution >= 4 is 29.1 Å². The lowest BCUT2D eigenvalue weighted by Gasteiger charge is -2.40. The van der Waals surface area contributed by atoms with Crippen molar-refractivity contribution in [1.82, 2.24) is 10.3 Å². The maximum Gasteiger partial charge on any atom is 0.251 e. The maximum atomic E-state index is 13.5. The summed E-state index contributed by atoms with van der Waals surface area (Å²) in [6.45, 7) is 6.08. The molecule has 38 heavy (non-hydrogen) atoms. The average molecular weight is 518 g/mol. The first kappa shape index (κ1) is 26.2. The average Bonchev–Trinajstić information content (AvgIpc) is 3.72. The second kappa shape index (κ2) is 10.8. The number of rotatable bonds is 10. The fraction of sp³-hybridized carbons (Fsp3) is 0.533. The molecule has 1 aromatic carbocycles. The zero-order valence-corrected chi connectivity index (χ0v) is 22.6. The Morgan fingerprint density at radius 2 is 1.76 bits per heavy atom. The first-order valence-electron chi connectivity index (χ1n) is 14.1. The fourth-order valence-corrected chi connectivity index (χ4v) is 6.04. The van der Waals surface area contributed by atoms with Crippen molar-refractivity contribution in [2.24, 2.45) is 11.7 Å². The molecule has 2 saturated heterocycles. The van der Waals surface area contributed by atoms with Crippen molar-refractivity contribution in [1.29, 1.82) is 0 Å². The lowest BCUT2D eigenvalue weighted by molar-refractivity contribution is 0.0923. The quantitative estimate of drug-likeness (QED) is 0.400. The molecule has 1 saturated carbocycles. The van der Waals surface area contributed by atoms with Gasteiger partial charge in [-0.2, -0.15) is 0 Å². The van der Waals surface area contributed by atoms with Crippen molar-refractivity contribution in [3.05, 3.63) is 52.7 Å². The van der Waals surface area contributed by atoms with Crippen LogP contribution >= 0.6 is 0 Å². The molecule has 2 bridgehead atoms. The lowest BCUT2D eigenvalue weighted by Crippen LogP contribution is -2.51. The van der Waals surface area contributed by atoms with E-state index in [1.54, 1.807) is 18.3 Å². The van der Waals surface area contributed by atoms with Crippen molar-refractivity contribution in [3.8, 4) is 0 Å². The van der Waals surface area contributed by atoms with Gasteiger partial charge in [-0.1, -0.05) is 13.8 Å². The van der Waals surface area contributed by atoms with E-state index in [9.17, 15) is 14.4 Å². The van der Waals surface area contributed by atoms with Gasteiger partial charge in [0.1, 0.15) is 5.82 Å². The summed E-state index contributed by atoms with van der Waals surface area (Å²) in [5, 5.41) is 6.64. The van der Waals surface area contributed by atoms with Gasteiger partial charge in [0.15, 0.2) is 5.78 Å². The van der Waals surface area contributed by atoms with Gasteiger partial charge in [-0.05, 0) is 88.1 Å². The highest BCUT2D eigenvalue weighted by Crippen LogP contribution is 2.39. The van der Waals surface area contributed by atoms with Gasteiger partial charge >= 0.3 is 0 Å². The van der Waals surface area contributed by atoms with Crippen molar-refractivity contribution in [3.63, 3.8) is 0 Å². The van der Waals surface area contributed by atoms with Crippen molar-refractivity contribution in [2.45, 2.75) is 96.3 Å². The predicted molar refractivity (Wildman–Crippen MR) is 149 cm³/mol. The molecule has 5 rings (SSSR count). The van der Waals surface area contributed by atoms with Gasteiger partial charge in [0.05, 0.1) is 5.56 Å². The van der Waals surface area contributed by atoms with Crippen molar-refractivity contribution in [2.75, 3.05) is 10.2 Å². The number of nitrogens with two attached hydrogens (primary N) is 1. The molecule has 1 aliphatic carbocycles. The molecule has 0 spiro atoms. The summed E-state index contributed by atoms with van der Waals surface area (Å²) in [6.07, 6.45) is 9.07. The number of aryl methyl sites for hydroxylation is 1. The van der Waals surface area contributed by atoms with Crippen LogP contribution in [-0.4, -0.2) is 46.7 Å². The Bertz CT molecular complexity index is 1210. The van der Waals surface area contributed by atoms with Crippen LogP contribution in [0.25, 0.3) is 0 Å². The smallest absolute Gasteiger partial charge is 0.251 e. The van der Waals surface area contributed by atoms with E-state index in [2.05, 4.69) is 27.4 Å². The molecule has 0 unspecified atom stereocenters. The van der Waals surface area contributed by atoms with E-state index in [1.165, 1.54) is 0 Å². The number of piperidine rings is 1. The molecule has 3 fully saturated rings. The summed E-state index contributed by atoms with van der Waals surface area (Å²) in [5.41, 5.74) is 8.81. The molecule has 2 aliphatic heterocycles. The molecule has 2 aromatic rings. The number of pyridine rings is 1. The van der Waals surface area contributed by atoms with E-state index in [0.717, 1.165) is 56.3 Å². The summed E-state index contributed by atoms with van der Waals surface area (Å²) in [6, 6.07) is 8.28. The maximum absolute atomic E-state index is 13.5. The fourth-order valence-electron chi connectivity index (χ4n) is 6.04. The summed E-state index contributed by atoms with van der Waals surface area (Å²) in [5.74, 6) is 0.723. The SMILES string of the molecule is CCc1cc(C(N)=O)c(N[C@H](C)CC)cc1C(=O)N[C@H]1C[C@H]2CC[C@@H](C1)N2c1ccc(C(=O)C2CC2)cn1. The van der Waals surface area contributed by atoms with Gasteiger partial charge < -0.3 is 21.3 Å². The Morgan fingerprint density at radius 1 is 1.05 bits per heavy atom. The van der Waals surface area contributed by atoms with Gasteiger partial charge in [0.2, 0.25) is 0 Å². The number of aromatic nitrogens is 1. The Balaban J connectivity index is 1.29. The number of Topliss-reactive ketones (excluding diaryl/α,β-unsaturated/α-hetero) is 1. The summed E-state index contributed by atoms with van der Waals surface area (Å²) in [7, 11) is 0. The highest BCUT2D eigenvalue weighted by molar-refractivity contribution is 6.03. The Morgan fingerprint density at radius 3 is 2.32 bits per heavy atom. The van der Waals surface area contributed by atoms with Crippen LogP contribution in [0.5, 0.6) is 0 Å². The van der Waals surface area contributed by atoms with E-state index in [1.807, 2.05) is 26.0 Å². The summed E-state index contributed by atoms with van der Waals surface area (Å²) >= 11 is 0. The number of nitrogens with one attached hydrogen (secondary N) is 2. The molecular formula is C30H39N5O3. The number of nitrogens with zero attached hydrogens (tertiary/aromatic N) is 2. The Hall–Kier alpha value is -3.42. The molecular weight excluding hydrogens is 478 g/mol. The second-order valence-electron chi connectivity index (χ2n) is 11.2. The van der Waals surface area contributed by atoms with Crippen LogP contribution in [0.1, 0.15) is 102 Å². The zero-order valence-electron chi connectivity index (χ0n) is 22.6. The molecule has 3 aliphatic rings. The van der Waals surface area contributed by atoms with Crippen molar-refractivity contribution < 1.29 is 14.4 Å². The topological polar surface area (TPSA) is 117 Å². The molecule has 4 atom stereocenters. The molecule has 0 radical (unpaired) electrons. The van der Waals surface area contributed by atoms with Crippen LogP contribution in [0.15, 0.2) is 30.5 Å². The van der Waals surface area contributed by atoms with E-state index >= 15 is 0 Å². The Kier molecular flexibility index (Phi) is 7.41. The minimum atomic E-state index is -0.500. The number of primary amides is 1. The van der Waals surface area contributed by atoms with E-state index in [-0.39, 0.29) is 29.7 Å². The number of fused-ring (bicyclic) bond motifs is 2. The second-order valence-corrected chi connectivity index (χ2v) is 11.2. The number of hydrogen-bond acceptors (Lipinski definition) is 6. The van der Waals surface area contributed by atoms with Crippen LogP contribution in [0.2, 0.25) is 0 Å². The third-order valence-corrected chi connectivity index (χ3v) is 8.46. The number of anilines is 2. The van der Waals surface area contributed by atoms with Crippen LogP contribution < -0.4 is 21.3 Å². The molecule has 2 amide bonds. The third-order valence-electron chi connectivity index (χ3n) is 8.46. The molecule has 8 nitrogen and oxygen atoms in total. The standard InChI is InChI=1S/C30H39N5O3/c1-4-17(3)33-26-15-24(18(5-2)12-25(26)29(31)37)30(38)34-21-13-22-9-10-23(14-21)35(22)27-11-8-20(16-32-27)28(36)19-6-7-19/h8,11-12,15-17,19,21-23,33H,4-7,9-10,13-14H2,1-3H3,(H2,31,37)(H,34,38)/t17-,21-,22+,23-/m1/s1. The molecule has 4 N–H and O–H groups in total. The number of hydrogen-bond donors (Lipinski definition) is 3. The molecule has 202 valence electrons. The van der Waals surface area contributed by atoms with Crippen LogP contribution in [0.4, 0.5) is 11.5 Å². The number of carbonyl (C=O) groups is 3. The lowest BCUT2D eigenvalue weighted by atomic mass is 9.95. The van der Waals surface area contributed by atoms with E-state index in [0.29, 0.717) is 40.9 Å². The molecule has 1 aromatic heterocycles. The number of amides is 2. The largest absolute Gasteiger partial charge is 0.382 e. The summed E-state index contributed by atoms with van der Waals surface area (Å²) in [4.78, 5) is 45.1.